The molecule has 4 rings (SSSR count). The number of aryl methyl sites for hydroxylation is 2. The number of fused-ring (bicyclic) bond motifs is 1. The number of halogens is 1. The first-order chi connectivity index (χ1) is 16.0. The van der Waals surface area contributed by atoms with Crippen LogP contribution >= 0.6 is 15.9 Å². The summed E-state index contributed by atoms with van der Waals surface area (Å²) in [5.41, 5.74) is 3.61. The average Bonchev–Trinajstić information content (AvgIpc) is 2.83. The smallest absolute Gasteiger partial charge is 0.282 e. The summed E-state index contributed by atoms with van der Waals surface area (Å²) >= 11 is 3.45. The first-order valence-electron chi connectivity index (χ1n) is 11.1. The van der Waals surface area contributed by atoms with Gasteiger partial charge < -0.3 is 4.74 Å². The molecule has 0 amide bonds. The second kappa shape index (κ2) is 10.6. The second-order valence-electron chi connectivity index (χ2n) is 7.97. The molecule has 0 unspecified atom stereocenters. The molecule has 0 fully saturated rings. The van der Waals surface area contributed by atoms with Gasteiger partial charge in [0, 0.05) is 16.5 Å². The molecule has 0 spiro atoms. The number of aromatic nitrogens is 2. The summed E-state index contributed by atoms with van der Waals surface area (Å²) in [5.74, 6) is 1.37. The van der Waals surface area contributed by atoms with Gasteiger partial charge in [-0.05, 0) is 49.2 Å². The number of para-hydroxylation sites is 1. The average molecular weight is 504 g/mol. The van der Waals surface area contributed by atoms with Gasteiger partial charge in [0.2, 0.25) is 0 Å². The molecule has 168 valence electrons. The molecule has 0 saturated heterocycles. The minimum absolute atomic E-state index is 0.179. The van der Waals surface area contributed by atoms with E-state index in [1.807, 2.05) is 36.4 Å². The zero-order valence-electron chi connectivity index (χ0n) is 18.8. The number of rotatable bonds is 8. The molecule has 0 aliphatic heterocycles. The lowest BCUT2D eigenvalue weighted by Crippen LogP contribution is -2.22. The summed E-state index contributed by atoms with van der Waals surface area (Å²) in [6.07, 6.45) is 4.29. The number of nitrogens with zero attached hydrogens (tertiary/aromatic N) is 3. The fourth-order valence-corrected chi connectivity index (χ4v) is 3.86. The highest BCUT2D eigenvalue weighted by molar-refractivity contribution is 9.10. The Hall–Kier alpha value is -3.25. The third kappa shape index (κ3) is 5.57. The van der Waals surface area contributed by atoms with Crippen molar-refractivity contribution in [1.29, 1.82) is 0 Å². The summed E-state index contributed by atoms with van der Waals surface area (Å²) in [7, 11) is 0. The fraction of sp³-hybridized carbons (Fsp3) is 0.222. The Kier molecular flexibility index (Phi) is 7.35. The summed E-state index contributed by atoms with van der Waals surface area (Å²) in [6, 6.07) is 21.5. The molecule has 33 heavy (non-hydrogen) atoms. The van der Waals surface area contributed by atoms with E-state index in [2.05, 4.69) is 59.1 Å². The standard InChI is InChI=1S/C27H26BrN3O2/c1-3-4-9-26-30-24-15-14-22(28)16-23(24)27(32)31(26)29-17-21-7-5-6-8-25(21)33-18-20-12-10-19(2)11-13-20/h5-8,10-17H,3-4,9,18H2,1-2H3. The van der Waals surface area contributed by atoms with Crippen LogP contribution in [0, 0.1) is 6.92 Å². The quantitative estimate of drug-likeness (QED) is 0.266. The van der Waals surface area contributed by atoms with Gasteiger partial charge in [0.05, 0.1) is 17.1 Å². The first-order valence-corrected chi connectivity index (χ1v) is 11.9. The number of hydrogen-bond acceptors (Lipinski definition) is 4. The molecule has 5 nitrogen and oxygen atoms in total. The van der Waals surface area contributed by atoms with Gasteiger partial charge in [0.15, 0.2) is 0 Å². The van der Waals surface area contributed by atoms with E-state index < -0.39 is 0 Å². The molecule has 3 aromatic carbocycles. The van der Waals surface area contributed by atoms with Crippen molar-refractivity contribution >= 4 is 33.0 Å². The maximum absolute atomic E-state index is 13.3. The molecule has 1 heterocycles. The highest BCUT2D eigenvalue weighted by Gasteiger charge is 2.11. The van der Waals surface area contributed by atoms with Gasteiger partial charge >= 0.3 is 0 Å². The zero-order chi connectivity index (χ0) is 23.2. The van der Waals surface area contributed by atoms with Crippen LogP contribution in [0.15, 0.2) is 81.1 Å². The molecule has 0 N–H and O–H groups in total. The Balaban J connectivity index is 1.67. The van der Waals surface area contributed by atoms with Gasteiger partial charge in [-0.1, -0.05) is 71.2 Å². The molecular formula is C27H26BrN3O2. The fourth-order valence-electron chi connectivity index (χ4n) is 3.49. The third-order valence-electron chi connectivity index (χ3n) is 5.38. The van der Waals surface area contributed by atoms with E-state index >= 15 is 0 Å². The Morgan fingerprint density at radius 1 is 1.09 bits per heavy atom. The maximum atomic E-state index is 13.3. The van der Waals surface area contributed by atoms with E-state index in [1.54, 1.807) is 12.3 Å². The predicted octanol–water partition coefficient (Wildman–Crippen LogP) is 6.27. The highest BCUT2D eigenvalue weighted by Crippen LogP contribution is 2.19. The van der Waals surface area contributed by atoms with Crippen molar-refractivity contribution in [2.45, 2.75) is 39.7 Å². The summed E-state index contributed by atoms with van der Waals surface area (Å²) in [4.78, 5) is 18.0. The number of ether oxygens (including phenoxy) is 1. The normalized spacial score (nSPS) is 11.4. The minimum atomic E-state index is -0.179. The Morgan fingerprint density at radius 3 is 2.67 bits per heavy atom. The van der Waals surface area contributed by atoms with Crippen molar-refractivity contribution in [3.05, 3.63) is 104 Å². The Bertz CT molecular complexity index is 1340. The lowest BCUT2D eigenvalue weighted by molar-refractivity contribution is 0.306. The van der Waals surface area contributed by atoms with Gasteiger partial charge in [-0.15, -0.1) is 0 Å². The van der Waals surface area contributed by atoms with E-state index in [0.29, 0.717) is 35.5 Å². The number of unbranched alkanes of at least 4 members (excludes halogenated alkanes) is 1. The van der Waals surface area contributed by atoms with Crippen LogP contribution < -0.4 is 10.3 Å². The molecule has 0 bridgehead atoms. The molecule has 1 aromatic heterocycles. The first kappa shape index (κ1) is 22.9. The summed E-state index contributed by atoms with van der Waals surface area (Å²) < 4.78 is 8.31. The van der Waals surface area contributed by atoms with Crippen molar-refractivity contribution in [1.82, 2.24) is 9.66 Å². The minimum Gasteiger partial charge on any atom is -0.488 e. The Labute approximate surface area is 201 Å². The zero-order valence-corrected chi connectivity index (χ0v) is 20.4. The molecule has 4 aromatic rings. The van der Waals surface area contributed by atoms with Crippen LogP contribution in [0.4, 0.5) is 0 Å². The summed E-state index contributed by atoms with van der Waals surface area (Å²) in [6.45, 7) is 4.64. The number of benzene rings is 3. The monoisotopic (exact) mass is 503 g/mol. The van der Waals surface area contributed by atoms with Gasteiger partial charge in [-0.2, -0.15) is 9.78 Å². The van der Waals surface area contributed by atoms with Crippen molar-refractivity contribution in [2.75, 3.05) is 0 Å². The van der Waals surface area contributed by atoms with E-state index in [1.165, 1.54) is 10.2 Å². The molecule has 0 radical (unpaired) electrons. The van der Waals surface area contributed by atoms with Crippen LogP contribution in [0.2, 0.25) is 0 Å². The third-order valence-corrected chi connectivity index (χ3v) is 5.87. The SMILES string of the molecule is CCCCc1nc2ccc(Br)cc2c(=O)n1N=Cc1ccccc1OCc1ccc(C)cc1. The summed E-state index contributed by atoms with van der Waals surface area (Å²) in [5, 5.41) is 5.09. The van der Waals surface area contributed by atoms with E-state index in [0.717, 1.165) is 28.4 Å². The van der Waals surface area contributed by atoms with Gasteiger partial charge in [-0.25, -0.2) is 4.98 Å². The Morgan fingerprint density at radius 2 is 1.88 bits per heavy atom. The number of hydrogen-bond donors (Lipinski definition) is 0. The largest absolute Gasteiger partial charge is 0.488 e. The van der Waals surface area contributed by atoms with Crippen molar-refractivity contribution in [2.24, 2.45) is 5.10 Å². The van der Waals surface area contributed by atoms with Crippen molar-refractivity contribution in [3.8, 4) is 5.75 Å². The molecule has 0 atom stereocenters. The lowest BCUT2D eigenvalue weighted by atomic mass is 10.1. The lowest BCUT2D eigenvalue weighted by Gasteiger charge is -2.11. The van der Waals surface area contributed by atoms with E-state index in [4.69, 9.17) is 9.72 Å². The van der Waals surface area contributed by atoms with Crippen LogP contribution in [-0.4, -0.2) is 15.9 Å². The molecule has 0 saturated carbocycles. The van der Waals surface area contributed by atoms with Crippen LogP contribution in [0.3, 0.4) is 0 Å². The predicted molar refractivity (Wildman–Crippen MR) is 137 cm³/mol. The molecule has 0 aliphatic rings. The van der Waals surface area contributed by atoms with Crippen LogP contribution in [0.1, 0.15) is 42.3 Å². The van der Waals surface area contributed by atoms with Crippen molar-refractivity contribution < 1.29 is 4.74 Å². The van der Waals surface area contributed by atoms with Crippen LogP contribution in [0.25, 0.3) is 10.9 Å². The highest BCUT2D eigenvalue weighted by atomic mass is 79.9. The van der Waals surface area contributed by atoms with E-state index in [9.17, 15) is 4.79 Å². The van der Waals surface area contributed by atoms with Crippen LogP contribution in [0.5, 0.6) is 5.75 Å². The second-order valence-corrected chi connectivity index (χ2v) is 8.88. The topological polar surface area (TPSA) is 56.5 Å². The van der Waals surface area contributed by atoms with Crippen LogP contribution in [-0.2, 0) is 13.0 Å². The van der Waals surface area contributed by atoms with E-state index in [-0.39, 0.29) is 5.56 Å². The maximum Gasteiger partial charge on any atom is 0.282 e. The van der Waals surface area contributed by atoms with Crippen molar-refractivity contribution in [3.63, 3.8) is 0 Å². The molecule has 0 aliphatic carbocycles. The molecule has 6 heteroatoms. The molecular weight excluding hydrogens is 478 g/mol. The van der Waals surface area contributed by atoms with Gasteiger partial charge in [0.1, 0.15) is 18.2 Å². The van der Waals surface area contributed by atoms with Gasteiger partial charge in [0.25, 0.3) is 5.56 Å². The van der Waals surface area contributed by atoms with Gasteiger partial charge in [-0.3, -0.25) is 4.79 Å².